The number of H-pyrrole nitrogens is 1. The first-order valence-electron chi connectivity index (χ1n) is 12.0. The van der Waals surface area contributed by atoms with Crippen LogP contribution in [0.4, 0.5) is 0 Å². The number of aromatic nitrogens is 1. The van der Waals surface area contributed by atoms with E-state index >= 15 is 0 Å². The Balaban J connectivity index is 1.18. The Bertz CT molecular complexity index is 1270. The van der Waals surface area contributed by atoms with Crippen LogP contribution in [-0.4, -0.2) is 46.8 Å². The van der Waals surface area contributed by atoms with Gasteiger partial charge < -0.3 is 14.8 Å². The van der Waals surface area contributed by atoms with Gasteiger partial charge in [-0.1, -0.05) is 12.1 Å². The van der Waals surface area contributed by atoms with Gasteiger partial charge in [0.1, 0.15) is 18.5 Å². The zero-order valence-corrected chi connectivity index (χ0v) is 20.8. The monoisotopic (exact) mass is 462 g/mol. The molecule has 2 N–H and O–H groups in total. The normalized spacial score (nSPS) is 20.5. The van der Waals surface area contributed by atoms with E-state index in [4.69, 9.17) is 4.74 Å². The van der Waals surface area contributed by atoms with Crippen molar-refractivity contribution >= 4 is 32.3 Å². The number of aliphatic hydroxyl groups is 1. The van der Waals surface area contributed by atoms with Crippen molar-refractivity contribution in [2.75, 3.05) is 19.7 Å². The quantitative estimate of drug-likeness (QED) is 0.353. The van der Waals surface area contributed by atoms with E-state index in [1.165, 1.54) is 26.1 Å². The summed E-state index contributed by atoms with van der Waals surface area (Å²) < 4.78 is 7.44. The first-order chi connectivity index (χ1) is 15.9. The molecule has 0 radical (unpaired) electrons. The van der Waals surface area contributed by atoms with E-state index in [0.29, 0.717) is 25.1 Å². The second kappa shape index (κ2) is 9.13. The van der Waals surface area contributed by atoms with Crippen molar-refractivity contribution in [2.24, 2.45) is 0 Å². The number of β-amino-alcohol motifs (C(OH)–C–C–N with tert-alkyl or cyclic N) is 1. The molecule has 0 unspecified atom stereocenters. The zero-order valence-electron chi connectivity index (χ0n) is 20.0. The number of benzene rings is 2. The van der Waals surface area contributed by atoms with E-state index < -0.39 is 6.10 Å². The van der Waals surface area contributed by atoms with Crippen LogP contribution in [-0.2, 0) is 0 Å². The number of hydrogen-bond acceptors (Lipinski definition) is 4. The summed E-state index contributed by atoms with van der Waals surface area (Å²) in [4.78, 5) is 7.28. The van der Waals surface area contributed by atoms with Gasteiger partial charge in [-0.3, -0.25) is 4.90 Å². The minimum absolute atomic E-state index is 0.310. The van der Waals surface area contributed by atoms with Crippen LogP contribution in [0.1, 0.15) is 47.4 Å². The predicted molar refractivity (Wildman–Crippen MR) is 139 cm³/mol. The minimum atomic E-state index is -0.505. The molecule has 5 rings (SSSR count). The molecule has 1 fully saturated rings. The number of piperidine rings is 1. The fourth-order valence-electron chi connectivity index (χ4n) is 5.36. The molecule has 33 heavy (non-hydrogen) atoms. The van der Waals surface area contributed by atoms with Crippen LogP contribution >= 0.6 is 11.3 Å². The van der Waals surface area contributed by atoms with Crippen LogP contribution in [0.15, 0.2) is 42.5 Å². The number of aromatic amines is 1. The SMILES string of the molecule is Cc1cc(C)c2cc([C@@H]3CCN(C[C@H](O)COc4cccc5[nH]c(C)cc45)[C@H](C)C3)sc2c1. The van der Waals surface area contributed by atoms with E-state index in [1.807, 2.05) is 30.4 Å². The lowest BCUT2D eigenvalue weighted by atomic mass is 9.89. The number of aliphatic hydroxyl groups excluding tert-OH is 1. The van der Waals surface area contributed by atoms with Crippen molar-refractivity contribution in [1.82, 2.24) is 9.88 Å². The largest absolute Gasteiger partial charge is 0.490 e. The average molecular weight is 463 g/mol. The summed E-state index contributed by atoms with van der Waals surface area (Å²) in [6.45, 7) is 10.7. The molecule has 3 atom stereocenters. The van der Waals surface area contributed by atoms with Crippen LogP contribution in [0.3, 0.4) is 0 Å². The van der Waals surface area contributed by atoms with Crippen LogP contribution in [0.5, 0.6) is 5.75 Å². The summed E-state index contributed by atoms with van der Waals surface area (Å²) in [5, 5.41) is 13.2. The minimum Gasteiger partial charge on any atom is -0.490 e. The summed E-state index contributed by atoms with van der Waals surface area (Å²) in [6, 6.07) is 15.6. The Morgan fingerprint density at radius 2 is 2.00 bits per heavy atom. The second-order valence-electron chi connectivity index (χ2n) is 9.84. The van der Waals surface area contributed by atoms with Crippen molar-refractivity contribution in [3.05, 3.63) is 64.2 Å². The van der Waals surface area contributed by atoms with Crippen molar-refractivity contribution in [3.63, 3.8) is 0 Å². The Labute approximate surface area is 200 Å². The lowest BCUT2D eigenvalue weighted by molar-refractivity contribution is 0.0408. The first kappa shape index (κ1) is 22.5. The van der Waals surface area contributed by atoms with Gasteiger partial charge in [0.05, 0.1) is 0 Å². The number of fused-ring (bicyclic) bond motifs is 2. The van der Waals surface area contributed by atoms with Gasteiger partial charge in [0.15, 0.2) is 0 Å². The van der Waals surface area contributed by atoms with Gasteiger partial charge in [-0.25, -0.2) is 0 Å². The van der Waals surface area contributed by atoms with E-state index in [2.05, 4.69) is 61.0 Å². The number of likely N-dealkylation sites (tertiary alicyclic amines) is 1. The number of thiophene rings is 1. The molecule has 0 amide bonds. The number of nitrogens with zero attached hydrogens (tertiary/aromatic N) is 1. The van der Waals surface area contributed by atoms with E-state index in [-0.39, 0.29) is 0 Å². The Kier molecular flexibility index (Phi) is 6.21. The van der Waals surface area contributed by atoms with Gasteiger partial charge in [0, 0.05) is 38.8 Å². The molecule has 4 aromatic rings. The lowest BCUT2D eigenvalue weighted by Gasteiger charge is -2.38. The number of rotatable bonds is 6. The highest BCUT2D eigenvalue weighted by Gasteiger charge is 2.29. The van der Waals surface area contributed by atoms with Gasteiger partial charge in [-0.15, -0.1) is 11.3 Å². The summed E-state index contributed by atoms with van der Waals surface area (Å²) >= 11 is 1.97. The van der Waals surface area contributed by atoms with Gasteiger partial charge in [0.25, 0.3) is 0 Å². The Hall–Kier alpha value is -2.34. The molecule has 1 aliphatic rings. The highest BCUT2D eigenvalue weighted by Crippen LogP contribution is 2.39. The molecule has 5 heteroatoms. The number of nitrogens with one attached hydrogen (secondary N) is 1. The molecule has 2 aromatic heterocycles. The van der Waals surface area contributed by atoms with Crippen molar-refractivity contribution < 1.29 is 9.84 Å². The van der Waals surface area contributed by atoms with Gasteiger partial charge in [-0.2, -0.15) is 0 Å². The Morgan fingerprint density at radius 1 is 1.15 bits per heavy atom. The molecule has 1 aliphatic heterocycles. The molecule has 2 aromatic carbocycles. The molecule has 0 aliphatic carbocycles. The molecule has 0 saturated carbocycles. The van der Waals surface area contributed by atoms with E-state index in [9.17, 15) is 5.11 Å². The van der Waals surface area contributed by atoms with E-state index in [0.717, 1.165) is 41.7 Å². The van der Waals surface area contributed by atoms with Crippen LogP contribution in [0.25, 0.3) is 21.0 Å². The second-order valence-corrected chi connectivity index (χ2v) is 11.0. The maximum atomic E-state index is 10.7. The summed E-state index contributed by atoms with van der Waals surface area (Å²) in [6.07, 6.45) is 1.78. The molecule has 3 heterocycles. The fourth-order valence-corrected chi connectivity index (χ4v) is 6.75. The number of hydrogen-bond donors (Lipinski definition) is 2. The standard InChI is InChI=1S/C28H34N2O2S/c1-17-10-18(2)23-14-27(33-28(23)11-17)21-8-9-30(20(4)13-21)15-22(31)16-32-26-7-5-6-25-24(26)12-19(3)29-25/h5-7,10-12,14,20-22,29,31H,8-9,13,15-16H2,1-4H3/t20-,21-,22+/m1/s1. The van der Waals surface area contributed by atoms with Crippen molar-refractivity contribution in [1.29, 1.82) is 0 Å². The van der Waals surface area contributed by atoms with Crippen molar-refractivity contribution in [2.45, 2.75) is 58.6 Å². The molecular weight excluding hydrogens is 428 g/mol. The summed E-state index contributed by atoms with van der Waals surface area (Å²) in [5.74, 6) is 1.44. The maximum absolute atomic E-state index is 10.7. The molecule has 174 valence electrons. The third-order valence-electron chi connectivity index (χ3n) is 7.06. The summed E-state index contributed by atoms with van der Waals surface area (Å²) in [5.41, 5.74) is 4.91. The van der Waals surface area contributed by atoms with Crippen LogP contribution in [0, 0.1) is 20.8 Å². The van der Waals surface area contributed by atoms with Crippen LogP contribution in [0.2, 0.25) is 0 Å². The average Bonchev–Trinajstić information content (AvgIpc) is 3.36. The topological polar surface area (TPSA) is 48.5 Å². The Morgan fingerprint density at radius 3 is 2.82 bits per heavy atom. The summed E-state index contributed by atoms with van der Waals surface area (Å²) in [7, 11) is 0. The highest BCUT2D eigenvalue weighted by atomic mass is 32.1. The van der Waals surface area contributed by atoms with Gasteiger partial charge >= 0.3 is 0 Å². The molecule has 4 nitrogen and oxygen atoms in total. The van der Waals surface area contributed by atoms with Crippen LogP contribution < -0.4 is 4.74 Å². The third-order valence-corrected chi connectivity index (χ3v) is 8.30. The molecular formula is C28H34N2O2S. The third kappa shape index (κ3) is 4.68. The molecule has 0 bridgehead atoms. The smallest absolute Gasteiger partial charge is 0.128 e. The predicted octanol–water partition coefficient (Wildman–Crippen LogP) is 6.32. The number of aryl methyl sites for hydroxylation is 3. The molecule has 0 spiro atoms. The fraction of sp³-hybridized carbons (Fsp3) is 0.429. The maximum Gasteiger partial charge on any atom is 0.128 e. The zero-order chi connectivity index (χ0) is 23.1. The number of ether oxygens (including phenoxy) is 1. The van der Waals surface area contributed by atoms with E-state index in [1.54, 1.807) is 0 Å². The van der Waals surface area contributed by atoms with Gasteiger partial charge in [0.2, 0.25) is 0 Å². The van der Waals surface area contributed by atoms with Crippen molar-refractivity contribution in [3.8, 4) is 5.75 Å². The first-order valence-corrected chi connectivity index (χ1v) is 12.8. The molecule has 1 saturated heterocycles. The lowest BCUT2D eigenvalue weighted by Crippen LogP contribution is -2.45. The highest BCUT2D eigenvalue weighted by molar-refractivity contribution is 7.19. The van der Waals surface area contributed by atoms with Gasteiger partial charge in [-0.05, 0) is 99.8 Å².